The highest BCUT2D eigenvalue weighted by molar-refractivity contribution is 5.41. The number of likely N-dealkylation sites (N-methyl/N-ethyl adjacent to an activating group) is 1. The van der Waals surface area contributed by atoms with E-state index >= 15 is 0 Å². The van der Waals surface area contributed by atoms with Crippen molar-refractivity contribution in [2.45, 2.75) is 57.7 Å². The maximum Gasteiger partial charge on any atom is 0.177 e. The number of aromatic hydroxyl groups is 1. The predicted molar refractivity (Wildman–Crippen MR) is 114 cm³/mol. The first-order valence-corrected chi connectivity index (χ1v) is 11.5. The molecule has 29 heavy (non-hydrogen) atoms. The molecule has 0 radical (unpaired) electrons. The van der Waals surface area contributed by atoms with Crippen molar-refractivity contribution in [1.29, 1.82) is 0 Å². The Kier molecular flexibility index (Phi) is 5.21. The van der Waals surface area contributed by atoms with Crippen LogP contribution >= 0.6 is 0 Å². The van der Waals surface area contributed by atoms with Crippen molar-refractivity contribution < 1.29 is 14.6 Å². The number of phenolic OH excluding ortho intramolecular Hbond substituents is 1. The Hall–Kier alpha value is -1.36. The van der Waals surface area contributed by atoms with Gasteiger partial charge >= 0.3 is 0 Å². The Morgan fingerprint density at radius 1 is 1.10 bits per heavy atom. The summed E-state index contributed by atoms with van der Waals surface area (Å²) >= 11 is 0. The Labute approximate surface area is 174 Å². The number of aryl methyl sites for hydroxylation is 1. The van der Waals surface area contributed by atoms with Gasteiger partial charge in [0.25, 0.3) is 0 Å². The maximum atomic E-state index is 9.88. The number of hydrogen-bond donors (Lipinski definition) is 1. The molecule has 4 atom stereocenters. The summed E-state index contributed by atoms with van der Waals surface area (Å²) in [6.07, 6.45) is 9.52. The molecule has 3 fully saturated rings. The third-order valence-electron chi connectivity index (χ3n) is 8.41. The molecule has 4 nitrogen and oxygen atoms in total. The van der Waals surface area contributed by atoms with Crippen molar-refractivity contribution in [3.8, 4) is 5.75 Å². The number of allylic oxidation sites excluding steroid dienone is 1. The zero-order valence-corrected chi connectivity index (χ0v) is 17.9. The monoisotopic (exact) mass is 397 g/mol. The van der Waals surface area contributed by atoms with E-state index in [1.54, 1.807) is 5.57 Å². The second-order valence-electron chi connectivity index (χ2n) is 9.90. The van der Waals surface area contributed by atoms with Crippen LogP contribution in [0.4, 0.5) is 0 Å². The predicted octanol–water partition coefficient (Wildman–Crippen LogP) is 4.48. The number of nitrogens with zero attached hydrogens (tertiary/aromatic N) is 1. The van der Waals surface area contributed by atoms with Crippen molar-refractivity contribution in [1.82, 2.24) is 4.90 Å². The van der Waals surface area contributed by atoms with Crippen LogP contribution in [-0.2, 0) is 15.9 Å². The lowest BCUT2D eigenvalue weighted by Gasteiger charge is -2.49. The van der Waals surface area contributed by atoms with Gasteiger partial charge in [-0.25, -0.2) is 0 Å². The van der Waals surface area contributed by atoms with E-state index < -0.39 is 0 Å². The summed E-state index contributed by atoms with van der Waals surface area (Å²) in [5.41, 5.74) is 4.76. The molecule has 4 unspecified atom stereocenters. The molecule has 2 saturated carbocycles. The van der Waals surface area contributed by atoms with Gasteiger partial charge in [-0.2, -0.15) is 0 Å². The van der Waals surface area contributed by atoms with Gasteiger partial charge in [0.05, 0.1) is 13.2 Å². The lowest BCUT2D eigenvalue weighted by molar-refractivity contribution is -0.130. The number of hydrogen-bond acceptors (Lipinski definition) is 4. The number of benzene rings is 1. The summed E-state index contributed by atoms with van der Waals surface area (Å²) in [7, 11) is 2.12. The van der Waals surface area contributed by atoms with E-state index in [0.29, 0.717) is 17.1 Å². The molecule has 0 aromatic heterocycles. The fourth-order valence-electron chi connectivity index (χ4n) is 6.76. The SMILES string of the molecule is CN1CCOC(C=C2CCC3C4CCc5cc(O)ccc5C4CCC23C)OCC1. The molecule has 0 bridgehead atoms. The molecule has 1 aromatic carbocycles. The summed E-state index contributed by atoms with van der Waals surface area (Å²) < 4.78 is 12.1. The molecule has 1 aromatic rings. The molecule has 4 heteroatoms. The number of phenols is 1. The van der Waals surface area contributed by atoms with Gasteiger partial charge in [-0.1, -0.05) is 18.6 Å². The fourth-order valence-corrected chi connectivity index (χ4v) is 6.76. The van der Waals surface area contributed by atoms with Crippen LogP contribution in [0, 0.1) is 17.3 Å². The number of fused-ring (bicyclic) bond motifs is 5. The van der Waals surface area contributed by atoms with Gasteiger partial charge in [-0.05, 0) is 98.1 Å². The topological polar surface area (TPSA) is 41.9 Å². The van der Waals surface area contributed by atoms with E-state index in [4.69, 9.17) is 9.47 Å². The average molecular weight is 398 g/mol. The van der Waals surface area contributed by atoms with Crippen molar-refractivity contribution >= 4 is 0 Å². The molecule has 1 saturated heterocycles. The first-order chi connectivity index (χ1) is 14.0. The standard InChI is InChI=1S/C25H35NO3/c1-25-10-9-21-20-7-5-19(27)15-17(20)3-6-22(21)23(25)8-4-18(25)16-24-28-13-11-26(2)12-14-29-24/h5,7,15-16,21-24,27H,3-4,6,8-14H2,1-2H3. The van der Waals surface area contributed by atoms with Crippen LogP contribution in [0.5, 0.6) is 5.75 Å². The second kappa shape index (κ2) is 7.72. The van der Waals surface area contributed by atoms with Crippen LogP contribution in [0.15, 0.2) is 29.8 Å². The van der Waals surface area contributed by atoms with Gasteiger partial charge in [0, 0.05) is 13.1 Å². The van der Waals surface area contributed by atoms with Crippen molar-refractivity contribution in [3.63, 3.8) is 0 Å². The highest BCUT2D eigenvalue weighted by Crippen LogP contribution is 2.62. The fraction of sp³-hybridized carbons (Fsp3) is 0.680. The minimum atomic E-state index is -0.179. The highest BCUT2D eigenvalue weighted by Gasteiger charge is 2.52. The first-order valence-electron chi connectivity index (χ1n) is 11.5. The zero-order chi connectivity index (χ0) is 20.0. The summed E-state index contributed by atoms with van der Waals surface area (Å²) in [6.45, 7) is 5.93. The van der Waals surface area contributed by atoms with E-state index in [1.165, 1.54) is 43.2 Å². The third-order valence-corrected chi connectivity index (χ3v) is 8.41. The van der Waals surface area contributed by atoms with E-state index in [2.05, 4.69) is 31.0 Å². The van der Waals surface area contributed by atoms with E-state index in [9.17, 15) is 5.11 Å². The smallest absolute Gasteiger partial charge is 0.177 e. The molecule has 4 aliphatic rings. The molecule has 158 valence electrons. The van der Waals surface area contributed by atoms with Crippen LogP contribution in [0.1, 0.15) is 56.1 Å². The normalized spacial score (nSPS) is 37.4. The van der Waals surface area contributed by atoms with E-state index in [-0.39, 0.29) is 6.29 Å². The third kappa shape index (κ3) is 3.54. The van der Waals surface area contributed by atoms with Gasteiger partial charge in [0.1, 0.15) is 5.75 Å². The molecule has 1 heterocycles. The Bertz CT molecular complexity index is 780. The molecule has 0 spiro atoms. The summed E-state index contributed by atoms with van der Waals surface area (Å²) in [6, 6.07) is 6.08. The second-order valence-corrected chi connectivity index (χ2v) is 9.90. The molecule has 3 aliphatic carbocycles. The molecule has 1 aliphatic heterocycles. The highest BCUT2D eigenvalue weighted by atomic mass is 16.7. The molecular weight excluding hydrogens is 362 g/mol. The average Bonchev–Trinajstić information content (AvgIpc) is 3.02. The van der Waals surface area contributed by atoms with E-state index in [1.807, 2.05) is 12.1 Å². The molecule has 0 amide bonds. The lowest BCUT2D eigenvalue weighted by atomic mass is 9.55. The first kappa shape index (κ1) is 19.6. The van der Waals surface area contributed by atoms with Gasteiger partial charge in [0.15, 0.2) is 6.29 Å². The Morgan fingerprint density at radius 3 is 2.69 bits per heavy atom. The van der Waals surface area contributed by atoms with Gasteiger partial charge in [0.2, 0.25) is 0 Å². The molecule has 5 rings (SSSR count). The minimum Gasteiger partial charge on any atom is -0.508 e. The van der Waals surface area contributed by atoms with Gasteiger partial charge in [-0.3, -0.25) is 0 Å². The maximum absolute atomic E-state index is 9.88. The quantitative estimate of drug-likeness (QED) is 0.710. The van der Waals surface area contributed by atoms with Gasteiger partial charge in [-0.15, -0.1) is 0 Å². The van der Waals surface area contributed by atoms with E-state index in [0.717, 1.165) is 44.6 Å². The molecular formula is C25H35NO3. The van der Waals surface area contributed by atoms with Crippen LogP contribution in [0.2, 0.25) is 0 Å². The van der Waals surface area contributed by atoms with Crippen LogP contribution < -0.4 is 0 Å². The largest absolute Gasteiger partial charge is 0.508 e. The Balaban J connectivity index is 1.36. The van der Waals surface area contributed by atoms with Gasteiger partial charge < -0.3 is 19.5 Å². The summed E-state index contributed by atoms with van der Waals surface area (Å²) in [5.74, 6) is 2.61. The minimum absolute atomic E-state index is 0.179. The number of rotatable bonds is 1. The Morgan fingerprint density at radius 2 is 1.90 bits per heavy atom. The van der Waals surface area contributed by atoms with Crippen molar-refractivity contribution in [2.24, 2.45) is 17.3 Å². The van der Waals surface area contributed by atoms with Crippen LogP contribution in [0.25, 0.3) is 0 Å². The van der Waals surface area contributed by atoms with Crippen molar-refractivity contribution in [2.75, 3.05) is 33.4 Å². The van der Waals surface area contributed by atoms with Crippen LogP contribution in [0.3, 0.4) is 0 Å². The summed E-state index contributed by atoms with van der Waals surface area (Å²) in [4.78, 5) is 2.26. The summed E-state index contributed by atoms with van der Waals surface area (Å²) in [5, 5.41) is 9.88. The van der Waals surface area contributed by atoms with Crippen molar-refractivity contribution in [3.05, 3.63) is 41.0 Å². The molecule has 1 N–H and O–H groups in total. The lowest BCUT2D eigenvalue weighted by Crippen LogP contribution is -2.40. The van der Waals surface area contributed by atoms with Crippen LogP contribution in [-0.4, -0.2) is 49.6 Å². The number of ether oxygens (including phenoxy) is 2. The zero-order valence-electron chi connectivity index (χ0n) is 17.9.